The molecule has 150 valence electrons. The Hall–Kier alpha value is -1.35. The van der Waals surface area contributed by atoms with E-state index in [4.69, 9.17) is 4.74 Å². The fraction of sp³-hybridized carbons (Fsp3) is 0.600. The Bertz CT molecular complexity index is 722. The summed E-state index contributed by atoms with van der Waals surface area (Å²) in [6.07, 6.45) is 10.3. The Morgan fingerprint density at radius 3 is 2.70 bits per heavy atom. The van der Waals surface area contributed by atoms with Crippen LogP contribution in [0.25, 0.3) is 5.65 Å². The van der Waals surface area contributed by atoms with Crippen LogP contribution in [0, 0.1) is 6.92 Å². The van der Waals surface area contributed by atoms with Gasteiger partial charge in [-0.1, -0.05) is 31.7 Å². The molecule has 0 spiro atoms. The van der Waals surface area contributed by atoms with E-state index >= 15 is 0 Å². The van der Waals surface area contributed by atoms with E-state index in [0.29, 0.717) is 12.6 Å². The minimum atomic E-state index is 0. The summed E-state index contributed by atoms with van der Waals surface area (Å²) in [4.78, 5) is 8.92. The third-order valence-electron chi connectivity index (χ3n) is 4.96. The minimum Gasteiger partial charge on any atom is -0.376 e. The molecular weight excluding hydrogens is 453 g/mol. The maximum absolute atomic E-state index is 6.01. The van der Waals surface area contributed by atoms with Gasteiger partial charge in [0.15, 0.2) is 5.96 Å². The Kier molecular flexibility index (Phi) is 9.33. The highest BCUT2D eigenvalue weighted by atomic mass is 127. The number of aliphatic imine (C=N–C) groups is 1. The van der Waals surface area contributed by atoms with Gasteiger partial charge in [0.05, 0.1) is 24.9 Å². The monoisotopic (exact) mass is 485 g/mol. The lowest BCUT2D eigenvalue weighted by Gasteiger charge is -2.16. The molecule has 27 heavy (non-hydrogen) atoms. The molecule has 1 aliphatic carbocycles. The van der Waals surface area contributed by atoms with Crippen molar-refractivity contribution >= 4 is 35.6 Å². The molecule has 3 rings (SSSR count). The number of hydrogen-bond acceptors (Lipinski definition) is 3. The van der Waals surface area contributed by atoms with Crippen LogP contribution in [0.15, 0.2) is 29.4 Å². The summed E-state index contributed by atoms with van der Waals surface area (Å²) in [6.45, 7) is 4.21. The van der Waals surface area contributed by atoms with Gasteiger partial charge in [-0.05, 0) is 31.9 Å². The van der Waals surface area contributed by atoms with Gasteiger partial charge in [0, 0.05) is 25.5 Å². The van der Waals surface area contributed by atoms with E-state index in [1.165, 1.54) is 44.2 Å². The number of rotatable bonds is 6. The third kappa shape index (κ3) is 6.64. The van der Waals surface area contributed by atoms with E-state index in [0.717, 1.165) is 30.5 Å². The molecule has 0 atom stereocenters. The standard InChI is InChI=1S/C20H31N5O.HI/c1-16-8-7-11-19-24-17(15-25(16)19)14-23-20(21-2)22-12-13-26-18-9-5-3-4-6-10-18;/h7-8,11,15,18H,3-6,9-10,12-14H2,1-2H3,(H2,21,22,23);1H. The van der Waals surface area contributed by atoms with Crippen LogP contribution in [-0.2, 0) is 11.3 Å². The van der Waals surface area contributed by atoms with E-state index in [2.05, 4.69) is 44.2 Å². The summed E-state index contributed by atoms with van der Waals surface area (Å²) in [6, 6.07) is 6.14. The molecule has 0 saturated heterocycles. The number of nitrogens with zero attached hydrogens (tertiary/aromatic N) is 3. The second-order valence-corrected chi connectivity index (χ2v) is 6.96. The fourth-order valence-corrected chi connectivity index (χ4v) is 3.48. The lowest BCUT2D eigenvalue weighted by molar-refractivity contribution is 0.0468. The smallest absolute Gasteiger partial charge is 0.191 e. The largest absolute Gasteiger partial charge is 0.376 e. The predicted molar refractivity (Wildman–Crippen MR) is 121 cm³/mol. The summed E-state index contributed by atoms with van der Waals surface area (Å²) in [5.41, 5.74) is 3.15. The first kappa shape index (κ1) is 21.9. The zero-order chi connectivity index (χ0) is 18.2. The van der Waals surface area contributed by atoms with Crippen molar-refractivity contribution in [1.82, 2.24) is 20.0 Å². The summed E-state index contributed by atoms with van der Waals surface area (Å²) < 4.78 is 8.12. The van der Waals surface area contributed by atoms with Gasteiger partial charge in [0.1, 0.15) is 5.65 Å². The zero-order valence-electron chi connectivity index (χ0n) is 16.4. The molecule has 6 nitrogen and oxygen atoms in total. The number of ether oxygens (including phenoxy) is 1. The molecule has 1 aliphatic rings. The number of guanidine groups is 1. The Morgan fingerprint density at radius 2 is 2.00 bits per heavy atom. The lowest BCUT2D eigenvalue weighted by atomic mass is 10.1. The van der Waals surface area contributed by atoms with Crippen molar-refractivity contribution in [2.75, 3.05) is 20.2 Å². The second kappa shape index (κ2) is 11.5. The summed E-state index contributed by atoms with van der Waals surface area (Å²) in [5.74, 6) is 0.781. The lowest BCUT2D eigenvalue weighted by Crippen LogP contribution is -2.39. The highest BCUT2D eigenvalue weighted by molar-refractivity contribution is 14.0. The first-order valence-electron chi connectivity index (χ1n) is 9.76. The topological polar surface area (TPSA) is 63.0 Å². The number of imidazole rings is 1. The molecular formula is C20H32IN5O. The van der Waals surface area contributed by atoms with E-state index in [-0.39, 0.29) is 24.0 Å². The molecule has 2 heterocycles. The van der Waals surface area contributed by atoms with Crippen molar-refractivity contribution in [3.8, 4) is 0 Å². The van der Waals surface area contributed by atoms with Gasteiger partial charge in [0.2, 0.25) is 0 Å². The van der Waals surface area contributed by atoms with Gasteiger partial charge in [-0.2, -0.15) is 0 Å². The number of halogens is 1. The predicted octanol–water partition coefficient (Wildman–Crippen LogP) is 3.67. The molecule has 2 aromatic rings. The Balaban J connectivity index is 0.00000261. The summed E-state index contributed by atoms with van der Waals surface area (Å²) in [5, 5.41) is 6.64. The number of fused-ring (bicyclic) bond motifs is 1. The van der Waals surface area contributed by atoms with Crippen LogP contribution < -0.4 is 10.6 Å². The highest BCUT2D eigenvalue weighted by Gasteiger charge is 2.12. The quantitative estimate of drug-likeness (QED) is 0.216. The van der Waals surface area contributed by atoms with Crippen LogP contribution in [0.5, 0.6) is 0 Å². The average molecular weight is 485 g/mol. The number of nitrogens with one attached hydrogen (secondary N) is 2. The number of pyridine rings is 1. The first-order chi connectivity index (χ1) is 12.8. The molecule has 0 radical (unpaired) electrons. The van der Waals surface area contributed by atoms with Crippen molar-refractivity contribution in [1.29, 1.82) is 0 Å². The number of hydrogen-bond donors (Lipinski definition) is 2. The molecule has 0 aliphatic heterocycles. The van der Waals surface area contributed by atoms with E-state index in [1.807, 2.05) is 12.1 Å². The van der Waals surface area contributed by atoms with Gasteiger partial charge >= 0.3 is 0 Å². The van der Waals surface area contributed by atoms with E-state index in [9.17, 15) is 0 Å². The van der Waals surface area contributed by atoms with E-state index in [1.54, 1.807) is 7.05 Å². The van der Waals surface area contributed by atoms with Gasteiger partial charge in [-0.15, -0.1) is 24.0 Å². The average Bonchev–Trinajstić information content (AvgIpc) is 2.90. The molecule has 1 saturated carbocycles. The minimum absolute atomic E-state index is 0. The fourth-order valence-electron chi connectivity index (χ4n) is 3.48. The van der Waals surface area contributed by atoms with Crippen LogP contribution >= 0.6 is 24.0 Å². The second-order valence-electron chi connectivity index (χ2n) is 6.96. The molecule has 0 unspecified atom stereocenters. The number of aromatic nitrogens is 2. The van der Waals surface area contributed by atoms with Crippen LogP contribution in [0.4, 0.5) is 0 Å². The van der Waals surface area contributed by atoms with Gasteiger partial charge < -0.3 is 19.8 Å². The molecule has 2 N–H and O–H groups in total. The zero-order valence-corrected chi connectivity index (χ0v) is 18.7. The first-order valence-corrected chi connectivity index (χ1v) is 9.76. The van der Waals surface area contributed by atoms with Gasteiger partial charge in [-0.3, -0.25) is 4.99 Å². The van der Waals surface area contributed by atoms with Crippen LogP contribution in [-0.4, -0.2) is 41.6 Å². The summed E-state index contributed by atoms with van der Waals surface area (Å²) in [7, 11) is 1.79. The maximum Gasteiger partial charge on any atom is 0.191 e. The van der Waals surface area contributed by atoms with Gasteiger partial charge in [0.25, 0.3) is 0 Å². The molecule has 0 bridgehead atoms. The van der Waals surface area contributed by atoms with Crippen molar-refractivity contribution in [3.63, 3.8) is 0 Å². The van der Waals surface area contributed by atoms with Crippen molar-refractivity contribution < 1.29 is 4.74 Å². The van der Waals surface area contributed by atoms with Crippen LogP contribution in [0.2, 0.25) is 0 Å². The van der Waals surface area contributed by atoms with Crippen molar-refractivity contribution in [3.05, 3.63) is 35.8 Å². The number of aryl methyl sites for hydroxylation is 1. The normalized spacial score (nSPS) is 16.0. The molecule has 2 aromatic heterocycles. The maximum atomic E-state index is 6.01. The van der Waals surface area contributed by atoms with E-state index < -0.39 is 0 Å². The summed E-state index contributed by atoms with van der Waals surface area (Å²) >= 11 is 0. The van der Waals surface area contributed by atoms with Crippen LogP contribution in [0.3, 0.4) is 0 Å². The molecule has 1 fully saturated rings. The molecule has 0 amide bonds. The highest BCUT2D eigenvalue weighted by Crippen LogP contribution is 2.19. The SMILES string of the molecule is CN=C(NCCOC1CCCCCC1)NCc1cn2c(C)cccc2n1.I. The Morgan fingerprint density at radius 1 is 1.22 bits per heavy atom. The third-order valence-corrected chi connectivity index (χ3v) is 4.96. The van der Waals surface area contributed by atoms with Crippen molar-refractivity contribution in [2.24, 2.45) is 4.99 Å². The van der Waals surface area contributed by atoms with Crippen molar-refractivity contribution in [2.45, 2.75) is 58.1 Å². The van der Waals surface area contributed by atoms with Gasteiger partial charge in [-0.25, -0.2) is 4.98 Å². The Labute approximate surface area is 179 Å². The van der Waals surface area contributed by atoms with Crippen LogP contribution in [0.1, 0.15) is 49.9 Å². The molecule has 0 aromatic carbocycles. The molecule has 7 heteroatoms.